The third-order valence-corrected chi connectivity index (χ3v) is 3.09. The van der Waals surface area contributed by atoms with Gasteiger partial charge in [0.2, 0.25) is 5.89 Å². The number of carbonyl (C=O) groups is 1. The van der Waals surface area contributed by atoms with Crippen LogP contribution >= 0.6 is 0 Å². The fourth-order valence-corrected chi connectivity index (χ4v) is 2.09. The van der Waals surface area contributed by atoms with Crippen LogP contribution in [0.25, 0.3) is 11.3 Å². The molecule has 0 atom stereocenters. The van der Waals surface area contributed by atoms with Gasteiger partial charge < -0.3 is 9.15 Å². The Bertz CT molecular complexity index is 566. The molecule has 1 aromatic heterocycles. The zero-order valence-corrected chi connectivity index (χ0v) is 12.4. The van der Waals surface area contributed by atoms with Gasteiger partial charge in [0.05, 0.1) is 26.4 Å². The lowest BCUT2D eigenvalue weighted by Gasteiger charge is -2.18. The summed E-state index contributed by atoms with van der Waals surface area (Å²) in [7, 11) is 1.39. The van der Waals surface area contributed by atoms with E-state index in [4.69, 9.17) is 9.15 Å². The first-order valence-corrected chi connectivity index (χ1v) is 7.02. The second-order valence-corrected chi connectivity index (χ2v) is 4.77. The van der Waals surface area contributed by atoms with Crippen molar-refractivity contribution in [3.8, 4) is 11.3 Å². The van der Waals surface area contributed by atoms with E-state index in [2.05, 4.69) is 11.9 Å². The predicted octanol–water partition coefficient (Wildman–Crippen LogP) is 2.73. The van der Waals surface area contributed by atoms with Gasteiger partial charge in [0.1, 0.15) is 0 Å². The third-order valence-electron chi connectivity index (χ3n) is 3.09. The van der Waals surface area contributed by atoms with E-state index in [9.17, 15) is 4.79 Å². The number of ether oxygens (including phenoxy) is 1. The Morgan fingerprint density at radius 2 is 2.10 bits per heavy atom. The number of hydrogen-bond acceptors (Lipinski definition) is 5. The van der Waals surface area contributed by atoms with Crippen LogP contribution in [-0.2, 0) is 16.1 Å². The van der Waals surface area contributed by atoms with Crippen molar-refractivity contribution < 1.29 is 13.9 Å². The molecule has 0 aliphatic carbocycles. The molecular formula is C16H20N2O3. The monoisotopic (exact) mass is 288 g/mol. The summed E-state index contributed by atoms with van der Waals surface area (Å²) in [5.74, 6) is 1.09. The lowest BCUT2D eigenvalue weighted by molar-refractivity contribution is -0.142. The molecule has 5 heteroatoms. The maximum atomic E-state index is 11.4. The van der Waals surface area contributed by atoms with E-state index in [1.807, 2.05) is 35.2 Å². The molecular weight excluding hydrogens is 268 g/mol. The van der Waals surface area contributed by atoms with Crippen molar-refractivity contribution in [1.82, 2.24) is 9.88 Å². The highest BCUT2D eigenvalue weighted by molar-refractivity contribution is 5.71. The molecule has 0 radical (unpaired) electrons. The van der Waals surface area contributed by atoms with Crippen LogP contribution in [0.5, 0.6) is 0 Å². The number of carbonyl (C=O) groups excluding carboxylic acids is 1. The first kappa shape index (κ1) is 15.3. The average Bonchev–Trinajstić information content (AvgIpc) is 2.97. The molecule has 0 unspecified atom stereocenters. The van der Waals surface area contributed by atoms with Crippen LogP contribution in [0.4, 0.5) is 0 Å². The lowest BCUT2D eigenvalue weighted by Crippen LogP contribution is -2.31. The van der Waals surface area contributed by atoms with Gasteiger partial charge in [-0.25, -0.2) is 4.98 Å². The van der Waals surface area contributed by atoms with Gasteiger partial charge in [-0.15, -0.1) is 0 Å². The fraction of sp³-hybridized carbons (Fsp3) is 0.375. The number of oxazole rings is 1. The van der Waals surface area contributed by atoms with E-state index in [1.165, 1.54) is 7.11 Å². The van der Waals surface area contributed by atoms with Crippen LogP contribution in [0.3, 0.4) is 0 Å². The highest BCUT2D eigenvalue weighted by Gasteiger charge is 2.14. The van der Waals surface area contributed by atoms with Crippen LogP contribution in [0.2, 0.25) is 0 Å². The van der Waals surface area contributed by atoms with Gasteiger partial charge in [-0.3, -0.25) is 9.69 Å². The number of benzene rings is 1. The first-order valence-electron chi connectivity index (χ1n) is 7.02. The number of hydrogen-bond donors (Lipinski definition) is 0. The van der Waals surface area contributed by atoms with E-state index in [-0.39, 0.29) is 12.5 Å². The molecule has 0 fully saturated rings. The zero-order valence-electron chi connectivity index (χ0n) is 12.4. The highest BCUT2D eigenvalue weighted by Crippen LogP contribution is 2.20. The Labute approximate surface area is 124 Å². The summed E-state index contributed by atoms with van der Waals surface area (Å²) in [5.41, 5.74) is 0.992. The van der Waals surface area contributed by atoms with Crippen LogP contribution in [0, 0.1) is 0 Å². The number of esters is 1. The van der Waals surface area contributed by atoms with Crippen LogP contribution in [0.1, 0.15) is 19.2 Å². The molecule has 1 heterocycles. The number of methoxy groups -OCH3 is 1. The van der Waals surface area contributed by atoms with Crippen LogP contribution < -0.4 is 0 Å². The second kappa shape index (κ2) is 7.59. The van der Waals surface area contributed by atoms with Crippen molar-refractivity contribution in [2.24, 2.45) is 0 Å². The Hall–Kier alpha value is -2.14. The van der Waals surface area contributed by atoms with Crippen LogP contribution in [0.15, 0.2) is 40.9 Å². The van der Waals surface area contributed by atoms with Gasteiger partial charge >= 0.3 is 5.97 Å². The summed E-state index contributed by atoms with van der Waals surface area (Å²) >= 11 is 0. The molecule has 2 rings (SSSR count). The maximum absolute atomic E-state index is 11.4. The molecule has 21 heavy (non-hydrogen) atoms. The number of aromatic nitrogens is 1. The van der Waals surface area contributed by atoms with Gasteiger partial charge in [-0.1, -0.05) is 37.3 Å². The average molecular weight is 288 g/mol. The smallest absolute Gasteiger partial charge is 0.319 e. The van der Waals surface area contributed by atoms with Gasteiger partial charge in [0.25, 0.3) is 0 Å². The van der Waals surface area contributed by atoms with Crippen LogP contribution in [-0.4, -0.2) is 36.1 Å². The summed E-state index contributed by atoms with van der Waals surface area (Å²) in [6.45, 7) is 3.59. The Morgan fingerprint density at radius 1 is 1.33 bits per heavy atom. The molecule has 2 aromatic rings. The summed E-state index contributed by atoms with van der Waals surface area (Å²) < 4.78 is 10.5. The maximum Gasteiger partial charge on any atom is 0.319 e. The zero-order chi connectivity index (χ0) is 15.1. The SMILES string of the molecule is CCCN(CC(=O)OC)Cc1ncc(-c2ccccc2)o1. The molecule has 0 saturated heterocycles. The number of rotatable bonds is 7. The van der Waals surface area contributed by atoms with Gasteiger partial charge in [-0.05, 0) is 13.0 Å². The molecule has 112 valence electrons. The quantitative estimate of drug-likeness (QED) is 0.733. The lowest BCUT2D eigenvalue weighted by atomic mass is 10.2. The summed E-state index contributed by atoms with van der Waals surface area (Å²) in [6, 6.07) is 9.82. The second-order valence-electron chi connectivity index (χ2n) is 4.77. The van der Waals surface area contributed by atoms with Crippen molar-refractivity contribution in [1.29, 1.82) is 0 Å². The van der Waals surface area contributed by atoms with E-state index >= 15 is 0 Å². The normalized spacial score (nSPS) is 10.8. The molecule has 0 aliphatic rings. The molecule has 0 saturated carbocycles. The Balaban J connectivity index is 2.04. The molecule has 1 aromatic carbocycles. The molecule has 0 N–H and O–H groups in total. The molecule has 0 aliphatic heterocycles. The van der Waals surface area contributed by atoms with Gasteiger partial charge in [-0.2, -0.15) is 0 Å². The standard InChI is InChI=1S/C16H20N2O3/c1-3-9-18(12-16(19)20-2)11-15-17-10-14(21-15)13-7-5-4-6-8-13/h4-8,10H,3,9,11-12H2,1-2H3. The largest absolute Gasteiger partial charge is 0.468 e. The molecule has 0 amide bonds. The van der Waals surface area contributed by atoms with E-state index < -0.39 is 0 Å². The fourth-order valence-electron chi connectivity index (χ4n) is 2.09. The summed E-state index contributed by atoms with van der Waals surface area (Å²) in [6.07, 6.45) is 2.66. The van der Waals surface area contributed by atoms with E-state index in [0.29, 0.717) is 12.4 Å². The van der Waals surface area contributed by atoms with Crippen molar-refractivity contribution in [3.63, 3.8) is 0 Å². The van der Waals surface area contributed by atoms with Crippen molar-refractivity contribution in [3.05, 3.63) is 42.4 Å². The molecule has 5 nitrogen and oxygen atoms in total. The topological polar surface area (TPSA) is 55.6 Å². The minimum Gasteiger partial charge on any atom is -0.468 e. The first-order chi connectivity index (χ1) is 10.2. The minimum absolute atomic E-state index is 0.243. The van der Waals surface area contributed by atoms with Gasteiger partial charge in [0.15, 0.2) is 5.76 Å². The minimum atomic E-state index is -0.252. The van der Waals surface area contributed by atoms with E-state index in [1.54, 1.807) is 6.20 Å². The third kappa shape index (κ3) is 4.43. The summed E-state index contributed by atoms with van der Waals surface area (Å²) in [5, 5.41) is 0. The van der Waals surface area contributed by atoms with Crippen molar-refractivity contribution in [2.45, 2.75) is 19.9 Å². The van der Waals surface area contributed by atoms with Gasteiger partial charge in [0, 0.05) is 5.56 Å². The molecule has 0 bridgehead atoms. The van der Waals surface area contributed by atoms with E-state index in [0.717, 1.165) is 24.3 Å². The molecule has 0 spiro atoms. The van der Waals surface area contributed by atoms with Crippen molar-refractivity contribution >= 4 is 5.97 Å². The predicted molar refractivity (Wildman–Crippen MR) is 79.5 cm³/mol. The highest BCUT2D eigenvalue weighted by atomic mass is 16.5. The number of nitrogens with zero attached hydrogens (tertiary/aromatic N) is 2. The van der Waals surface area contributed by atoms with Crippen molar-refractivity contribution in [2.75, 3.05) is 20.2 Å². The summed E-state index contributed by atoms with van der Waals surface area (Å²) in [4.78, 5) is 17.7. The Kier molecular flexibility index (Phi) is 5.51. The Morgan fingerprint density at radius 3 is 2.76 bits per heavy atom.